The van der Waals surface area contributed by atoms with Crippen LogP contribution < -0.4 is 5.73 Å². The van der Waals surface area contributed by atoms with Crippen LogP contribution >= 0.6 is 35.6 Å². The molecule has 1 nitrogen and oxygen atoms in total. The average Bonchev–Trinajstić information content (AvgIpc) is 1.38. The summed E-state index contributed by atoms with van der Waals surface area (Å²) in [6.07, 6.45) is 0. The molecule has 0 aromatic heterocycles. The summed E-state index contributed by atoms with van der Waals surface area (Å²) in [4.78, 5) is 0. The van der Waals surface area contributed by atoms with Crippen molar-refractivity contribution in [1.29, 1.82) is 0 Å². The minimum Gasteiger partial charge on any atom is -0.314 e. The van der Waals surface area contributed by atoms with Gasteiger partial charge in [0.15, 0.2) is 0 Å². The monoisotopic (exact) mass is 149 g/mol. The third-order valence-electron chi connectivity index (χ3n) is 0.147. The van der Waals surface area contributed by atoms with Crippen molar-refractivity contribution >= 4 is 35.6 Å². The molecule has 0 saturated heterocycles. The Bertz CT molecular complexity index is 22.8. The zero-order chi connectivity index (χ0) is 4.28. The molecule has 4 heteroatoms. The standard InChI is InChI=1S/C2H5Cl2N.ClH/c3-1-2(4)5;/h2H,1,5H2;1H. The number of halogens is 3. The van der Waals surface area contributed by atoms with Crippen molar-refractivity contribution in [2.24, 2.45) is 5.73 Å². The summed E-state index contributed by atoms with van der Waals surface area (Å²) in [5.74, 6) is 0.321. The fourth-order valence-corrected chi connectivity index (χ4v) is 0. The van der Waals surface area contributed by atoms with Crippen LogP contribution in [0.2, 0.25) is 0 Å². The first-order valence-corrected chi connectivity index (χ1v) is 2.20. The smallest absolute Gasteiger partial charge is 0.0937 e. The summed E-state index contributed by atoms with van der Waals surface area (Å²) in [5, 5.41) is 0. The Kier molecular flexibility index (Phi) is 9.67. The molecule has 0 aliphatic rings. The minimum absolute atomic E-state index is 0. The summed E-state index contributed by atoms with van der Waals surface area (Å²) >= 11 is 10.2. The summed E-state index contributed by atoms with van der Waals surface area (Å²) in [6.45, 7) is 0. The Hall–Kier alpha value is 0.830. The van der Waals surface area contributed by atoms with E-state index < -0.39 is 0 Å². The zero-order valence-electron chi connectivity index (χ0n) is 3.03. The van der Waals surface area contributed by atoms with Gasteiger partial charge in [0.2, 0.25) is 0 Å². The number of rotatable bonds is 1. The maximum absolute atomic E-state index is 5.11. The van der Waals surface area contributed by atoms with Gasteiger partial charge in [0.05, 0.1) is 11.4 Å². The molecule has 0 radical (unpaired) electrons. The summed E-state index contributed by atoms with van der Waals surface area (Å²) < 4.78 is 0. The molecular weight excluding hydrogens is 144 g/mol. The van der Waals surface area contributed by atoms with Gasteiger partial charge in [-0.1, -0.05) is 0 Å². The van der Waals surface area contributed by atoms with Crippen LogP contribution in [0, 0.1) is 0 Å². The molecule has 0 bridgehead atoms. The second-order valence-electron chi connectivity index (χ2n) is 0.670. The van der Waals surface area contributed by atoms with Gasteiger partial charge in [-0.15, -0.1) is 35.6 Å². The lowest BCUT2D eigenvalue weighted by Gasteiger charge is -1.86. The van der Waals surface area contributed by atoms with E-state index >= 15 is 0 Å². The van der Waals surface area contributed by atoms with Gasteiger partial charge >= 0.3 is 0 Å². The van der Waals surface area contributed by atoms with Crippen LogP contribution in [-0.4, -0.2) is 11.4 Å². The third-order valence-corrected chi connectivity index (χ3v) is 0.792. The number of alkyl halides is 2. The highest BCUT2D eigenvalue weighted by atomic mass is 35.5. The molecule has 0 heterocycles. The first kappa shape index (κ1) is 9.95. The maximum atomic E-state index is 5.11. The van der Waals surface area contributed by atoms with Gasteiger partial charge < -0.3 is 5.73 Å². The van der Waals surface area contributed by atoms with Gasteiger partial charge in [0.25, 0.3) is 0 Å². The van der Waals surface area contributed by atoms with E-state index in [1.165, 1.54) is 0 Å². The first-order valence-electron chi connectivity index (χ1n) is 1.23. The van der Waals surface area contributed by atoms with Crippen LogP contribution in [0.15, 0.2) is 0 Å². The molecule has 2 N–H and O–H groups in total. The van der Waals surface area contributed by atoms with Crippen molar-refractivity contribution in [2.75, 3.05) is 5.88 Å². The first-order chi connectivity index (χ1) is 2.27. The summed E-state index contributed by atoms with van der Waals surface area (Å²) in [5.41, 5.74) is 4.55. The van der Waals surface area contributed by atoms with Gasteiger partial charge in [-0.2, -0.15) is 0 Å². The van der Waals surface area contributed by atoms with E-state index in [4.69, 9.17) is 28.9 Å². The number of hydrogen-bond acceptors (Lipinski definition) is 1. The highest BCUT2D eigenvalue weighted by Crippen LogP contribution is 1.85. The van der Waals surface area contributed by atoms with Crippen molar-refractivity contribution in [3.8, 4) is 0 Å². The van der Waals surface area contributed by atoms with Crippen molar-refractivity contribution < 1.29 is 0 Å². The molecule has 0 spiro atoms. The molecule has 0 fully saturated rings. The van der Waals surface area contributed by atoms with E-state index in [1.54, 1.807) is 0 Å². The van der Waals surface area contributed by atoms with Gasteiger partial charge in [-0.3, -0.25) is 0 Å². The Balaban J connectivity index is 0. The van der Waals surface area contributed by atoms with Crippen LogP contribution in [-0.2, 0) is 0 Å². The molecule has 0 saturated carbocycles. The van der Waals surface area contributed by atoms with Crippen molar-refractivity contribution in [2.45, 2.75) is 5.50 Å². The molecule has 6 heavy (non-hydrogen) atoms. The largest absolute Gasteiger partial charge is 0.314 e. The maximum Gasteiger partial charge on any atom is 0.0937 e. The van der Waals surface area contributed by atoms with Gasteiger partial charge in [0.1, 0.15) is 0 Å². The molecule has 1 unspecified atom stereocenters. The van der Waals surface area contributed by atoms with Crippen molar-refractivity contribution in [3.05, 3.63) is 0 Å². The molecule has 1 atom stereocenters. The van der Waals surface area contributed by atoms with Gasteiger partial charge in [0, 0.05) is 0 Å². The van der Waals surface area contributed by atoms with Gasteiger partial charge in [-0.25, -0.2) is 0 Å². The third kappa shape index (κ3) is 8.85. The molecule has 0 aromatic rings. The number of hydrogen-bond donors (Lipinski definition) is 1. The second kappa shape index (κ2) is 5.83. The summed E-state index contributed by atoms with van der Waals surface area (Å²) in [6, 6.07) is 0. The second-order valence-corrected chi connectivity index (χ2v) is 1.54. The van der Waals surface area contributed by atoms with E-state index in [0.717, 1.165) is 0 Å². The van der Waals surface area contributed by atoms with Crippen LogP contribution in [0.1, 0.15) is 0 Å². The molecule has 0 amide bonds. The SMILES string of the molecule is Cl.NC(Cl)CCl. The lowest BCUT2D eigenvalue weighted by molar-refractivity contribution is 1.04. The molecule has 0 aliphatic carbocycles. The van der Waals surface area contributed by atoms with E-state index in [9.17, 15) is 0 Å². The fraction of sp³-hybridized carbons (Fsp3) is 1.00. The fourth-order valence-electron chi connectivity index (χ4n) is 0. The average molecular weight is 150 g/mol. The Morgan fingerprint density at radius 2 is 1.83 bits per heavy atom. The normalized spacial score (nSPS) is 12.5. The van der Waals surface area contributed by atoms with Crippen LogP contribution in [0.3, 0.4) is 0 Å². The summed E-state index contributed by atoms with van der Waals surface area (Å²) in [7, 11) is 0. The van der Waals surface area contributed by atoms with Crippen molar-refractivity contribution in [3.63, 3.8) is 0 Å². The Morgan fingerprint density at radius 1 is 1.67 bits per heavy atom. The topological polar surface area (TPSA) is 26.0 Å². The van der Waals surface area contributed by atoms with E-state index in [-0.39, 0.29) is 17.9 Å². The minimum atomic E-state index is -0.378. The lowest BCUT2D eigenvalue weighted by atomic mass is 10.8. The molecule has 0 aromatic carbocycles. The van der Waals surface area contributed by atoms with Crippen LogP contribution in [0.25, 0.3) is 0 Å². The van der Waals surface area contributed by atoms with E-state index in [2.05, 4.69) is 0 Å². The Labute approximate surface area is 53.2 Å². The van der Waals surface area contributed by atoms with Crippen LogP contribution in [0.4, 0.5) is 0 Å². The zero-order valence-corrected chi connectivity index (χ0v) is 5.35. The van der Waals surface area contributed by atoms with E-state index in [0.29, 0.717) is 5.88 Å². The lowest BCUT2D eigenvalue weighted by Crippen LogP contribution is -2.12. The Morgan fingerprint density at radius 3 is 1.83 bits per heavy atom. The predicted molar refractivity (Wildman–Crippen MR) is 31.8 cm³/mol. The van der Waals surface area contributed by atoms with Gasteiger partial charge in [-0.05, 0) is 0 Å². The molecular formula is C2H6Cl3N. The van der Waals surface area contributed by atoms with Crippen LogP contribution in [0.5, 0.6) is 0 Å². The van der Waals surface area contributed by atoms with E-state index in [1.807, 2.05) is 0 Å². The van der Waals surface area contributed by atoms with Crippen molar-refractivity contribution in [1.82, 2.24) is 0 Å². The number of nitrogens with two attached hydrogens (primary N) is 1. The quantitative estimate of drug-likeness (QED) is 0.441. The molecule has 0 rings (SSSR count). The predicted octanol–water partition coefficient (Wildman–Crippen LogP) is 1.17. The highest BCUT2D eigenvalue weighted by molar-refractivity contribution is 6.27. The molecule has 0 aliphatic heterocycles. The highest BCUT2D eigenvalue weighted by Gasteiger charge is 1.85. The molecule has 40 valence electrons.